The van der Waals surface area contributed by atoms with Gasteiger partial charge in [0, 0.05) is 19.5 Å². The first-order chi connectivity index (χ1) is 20.2. The lowest BCUT2D eigenvalue weighted by atomic mass is 10.0. The van der Waals surface area contributed by atoms with Gasteiger partial charge in [-0.15, -0.1) is 0 Å². The fraction of sp³-hybridized carbons (Fsp3) is 0.212. The smallest absolute Gasteiger partial charge is 0.264 e. The number of rotatable bonds is 12. The van der Waals surface area contributed by atoms with Gasteiger partial charge in [-0.2, -0.15) is 0 Å². The second kappa shape index (κ2) is 13.9. The standard InChI is InChI=1S/C33H34FN3O4S/c1-3-35-33(39)31(22-26-10-6-4-7-11-26)36(23-27-16-18-28(34)19-17-27)32(38)24-37(29-12-8-5-9-13-29)42(40,41)30-20-14-25(2)15-21-30/h4-21,31H,3,22-24H2,1-2H3,(H,35,39). The Hall–Kier alpha value is -4.50. The molecule has 0 radical (unpaired) electrons. The average molecular weight is 588 g/mol. The van der Waals surface area contributed by atoms with Crippen LogP contribution in [0.25, 0.3) is 0 Å². The van der Waals surface area contributed by atoms with E-state index >= 15 is 0 Å². The fourth-order valence-corrected chi connectivity index (χ4v) is 6.01. The molecule has 4 rings (SSSR count). The molecule has 0 aliphatic heterocycles. The molecule has 0 bridgehead atoms. The van der Waals surface area contributed by atoms with Crippen molar-refractivity contribution in [1.82, 2.24) is 10.2 Å². The molecule has 1 N–H and O–H groups in total. The predicted octanol–water partition coefficient (Wildman–Crippen LogP) is 5.11. The number of nitrogens with one attached hydrogen (secondary N) is 1. The zero-order valence-corrected chi connectivity index (χ0v) is 24.4. The van der Waals surface area contributed by atoms with E-state index in [9.17, 15) is 22.4 Å². The third kappa shape index (κ3) is 7.61. The van der Waals surface area contributed by atoms with E-state index in [-0.39, 0.29) is 23.8 Å². The van der Waals surface area contributed by atoms with Gasteiger partial charge in [0.25, 0.3) is 10.0 Å². The summed E-state index contributed by atoms with van der Waals surface area (Å²) >= 11 is 0. The lowest BCUT2D eigenvalue weighted by Gasteiger charge is -2.33. The van der Waals surface area contributed by atoms with Crippen LogP contribution in [0.5, 0.6) is 0 Å². The van der Waals surface area contributed by atoms with Gasteiger partial charge in [-0.25, -0.2) is 12.8 Å². The van der Waals surface area contributed by atoms with E-state index in [0.717, 1.165) is 15.4 Å². The van der Waals surface area contributed by atoms with Crippen LogP contribution in [-0.2, 0) is 32.6 Å². The molecule has 9 heteroatoms. The summed E-state index contributed by atoms with van der Waals surface area (Å²) < 4.78 is 42.6. The molecule has 0 aliphatic carbocycles. The first-order valence-corrected chi connectivity index (χ1v) is 15.1. The first-order valence-electron chi connectivity index (χ1n) is 13.7. The zero-order valence-electron chi connectivity index (χ0n) is 23.6. The molecule has 1 unspecified atom stereocenters. The third-order valence-electron chi connectivity index (χ3n) is 6.82. The number of amides is 2. The summed E-state index contributed by atoms with van der Waals surface area (Å²) in [7, 11) is -4.16. The molecule has 4 aromatic rings. The summed E-state index contributed by atoms with van der Waals surface area (Å²) in [6, 6.07) is 28.8. The Morgan fingerprint density at radius 3 is 2.00 bits per heavy atom. The molecule has 0 heterocycles. The van der Waals surface area contributed by atoms with Gasteiger partial charge < -0.3 is 10.2 Å². The maximum atomic E-state index is 14.2. The monoisotopic (exact) mass is 587 g/mol. The van der Waals surface area contributed by atoms with E-state index in [1.165, 1.54) is 29.2 Å². The Kier molecular flexibility index (Phi) is 10.1. The minimum Gasteiger partial charge on any atom is -0.355 e. The van der Waals surface area contributed by atoms with Gasteiger partial charge in [-0.05, 0) is 61.4 Å². The van der Waals surface area contributed by atoms with Crippen molar-refractivity contribution < 1.29 is 22.4 Å². The molecule has 0 spiro atoms. The normalized spacial score (nSPS) is 11.9. The molecule has 0 saturated carbocycles. The molecule has 0 fully saturated rings. The Bertz CT molecular complexity index is 1580. The summed E-state index contributed by atoms with van der Waals surface area (Å²) in [6.45, 7) is 3.42. The van der Waals surface area contributed by atoms with Gasteiger partial charge in [-0.1, -0.05) is 78.4 Å². The number of likely N-dealkylation sites (N-methyl/N-ethyl adjacent to an activating group) is 1. The minimum absolute atomic E-state index is 0.0268. The van der Waals surface area contributed by atoms with Crippen LogP contribution >= 0.6 is 0 Å². The average Bonchev–Trinajstić information content (AvgIpc) is 2.99. The van der Waals surface area contributed by atoms with Gasteiger partial charge in [-0.3, -0.25) is 13.9 Å². The quantitative estimate of drug-likeness (QED) is 0.250. The van der Waals surface area contributed by atoms with E-state index in [0.29, 0.717) is 17.8 Å². The van der Waals surface area contributed by atoms with Crippen LogP contribution in [0.1, 0.15) is 23.6 Å². The van der Waals surface area contributed by atoms with Crippen molar-refractivity contribution in [3.05, 3.63) is 132 Å². The maximum absolute atomic E-state index is 14.2. The molecule has 4 aromatic carbocycles. The Morgan fingerprint density at radius 2 is 1.40 bits per heavy atom. The maximum Gasteiger partial charge on any atom is 0.264 e. The van der Waals surface area contributed by atoms with Gasteiger partial charge >= 0.3 is 0 Å². The van der Waals surface area contributed by atoms with E-state index in [2.05, 4.69) is 5.32 Å². The molecular weight excluding hydrogens is 553 g/mol. The fourth-order valence-electron chi connectivity index (χ4n) is 4.59. The number of halogens is 1. The van der Waals surface area contributed by atoms with Crippen LogP contribution in [0.15, 0.2) is 114 Å². The van der Waals surface area contributed by atoms with Crippen molar-refractivity contribution in [2.24, 2.45) is 0 Å². The second-order valence-electron chi connectivity index (χ2n) is 9.91. The van der Waals surface area contributed by atoms with Gasteiger partial charge in [0.2, 0.25) is 11.8 Å². The van der Waals surface area contributed by atoms with Crippen molar-refractivity contribution in [2.45, 2.75) is 37.8 Å². The molecule has 2 amide bonds. The number of carbonyl (C=O) groups is 2. The highest BCUT2D eigenvalue weighted by atomic mass is 32.2. The highest BCUT2D eigenvalue weighted by Gasteiger charge is 2.34. The van der Waals surface area contributed by atoms with Crippen LogP contribution in [0.3, 0.4) is 0 Å². The number of carbonyl (C=O) groups excluding carboxylic acids is 2. The van der Waals surface area contributed by atoms with E-state index in [1.54, 1.807) is 61.5 Å². The number of nitrogens with zero attached hydrogens (tertiary/aromatic N) is 2. The van der Waals surface area contributed by atoms with Gasteiger partial charge in [0.1, 0.15) is 18.4 Å². The number of sulfonamides is 1. The number of anilines is 1. The third-order valence-corrected chi connectivity index (χ3v) is 8.61. The topological polar surface area (TPSA) is 86.8 Å². The first kappa shape index (κ1) is 30.5. The Labute approximate surface area is 246 Å². The van der Waals surface area contributed by atoms with Crippen molar-refractivity contribution in [1.29, 1.82) is 0 Å². The molecule has 218 valence electrons. The lowest BCUT2D eigenvalue weighted by Crippen LogP contribution is -2.53. The molecule has 1 atom stereocenters. The minimum atomic E-state index is -4.16. The summed E-state index contributed by atoms with van der Waals surface area (Å²) in [6.07, 6.45) is 0.204. The molecule has 0 saturated heterocycles. The van der Waals surface area contributed by atoms with Crippen LogP contribution < -0.4 is 9.62 Å². The lowest BCUT2D eigenvalue weighted by molar-refractivity contribution is -0.140. The molecule has 42 heavy (non-hydrogen) atoms. The predicted molar refractivity (Wildman–Crippen MR) is 162 cm³/mol. The van der Waals surface area contributed by atoms with Crippen LogP contribution in [-0.4, -0.2) is 44.3 Å². The Balaban J connectivity index is 1.77. The number of aryl methyl sites for hydroxylation is 1. The van der Waals surface area contributed by atoms with E-state index in [1.807, 2.05) is 37.3 Å². The van der Waals surface area contributed by atoms with Crippen LogP contribution in [0.2, 0.25) is 0 Å². The Morgan fingerprint density at radius 1 is 0.810 bits per heavy atom. The largest absolute Gasteiger partial charge is 0.355 e. The van der Waals surface area contributed by atoms with Gasteiger partial charge in [0.05, 0.1) is 10.6 Å². The SMILES string of the molecule is CCNC(=O)C(Cc1ccccc1)N(Cc1ccc(F)cc1)C(=O)CN(c1ccccc1)S(=O)(=O)c1ccc(C)cc1. The molecule has 7 nitrogen and oxygen atoms in total. The number of para-hydroxylation sites is 1. The van der Waals surface area contributed by atoms with Crippen LogP contribution in [0.4, 0.5) is 10.1 Å². The number of benzene rings is 4. The molecule has 0 aromatic heterocycles. The summed E-state index contributed by atoms with van der Waals surface area (Å²) in [4.78, 5) is 29.1. The molecular formula is C33H34FN3O4S. The highest BCUT2D eigenvalue weighted by Crippen LogP contribution is 2.25. The van der Waals surface area contributed by atoms with Crippen molar-refractivity contribution in [3.63, 3.8) is 0 Å². The van der Waals surface area contributed by atoms with Gasteiger partial charge in [0.15, 0.2) is 0 Å². The number of hydrogen-bond donors (Lipinski definition) is 1. The summed E-state index contributed by atoms with van der Waals surface area (Å²) in [5.74, 6) is -1.38. The van der Waals surface area contributed by atoms with E-state index in [4.69, 9.17) is 0 Å². The second-order valence-corrected chi connectivity index (χ2v) is 11.8. The highest BCUT2D eigenvalue weighted by molar-refractivity contribution is 7.92. The zero-order chi connectivity index (χ0) is 30.1. The summed E-state index contributed by atoms with van der Waals surface area (Å²) in [5.41, 5.74) is 2.64. The van der Waals surface area contributed by atoms with Crippen molar-refractivity contribution in [2.75, 3.05) is 17.4 Å². The summed E-state index contributed by atoms with van der Waals surface area (Å²) in [5, 5.41) is 2.82. The molecule has 0 aliphatic rings. The van der Waals surface area contributed by atoms with E-state index < -0.39 is 34.3 Å². The van der Waals surface area contributed by atoms with Crippen molar-refractivity contribution >= 4 is 27.5 Å². The van der Waals surface area contributed by atoms with Crippen molar-refractivity contribution in [3.8, 4) is 0 Å². The van der Waals surface area contributed by atoms with Crippen LogP contribution in [0, 0.1) is 12.7 Å². The number of hydrogen-bond acceptors (Lipinski definition) is 4.